The highest BCUT2D eigenvalue weighted by Crippen LogP contribution is 2.07. The summed E-state index contributed by atoms with van der Waals surface area (Å²) in [6, 6.07) is 8.20. The average Bonchev–Trinajstić information content (AvgIpc) is 2.18. The average molecular weight is 205 g/mol. The van der Waals surface area contributed by atoms with Crippen molar-refractivity contribution in [3.05, 3.63) is 35.9 Å². The molecule has 0 radical (unpaired) electrons. The monoisotopic (exact) mass is 205 g/mol. The number of Topliss-reactive ketones (excluding diaryl/α,β-unsaturated/α-hetero) is 2. The third kappa shape index (κ3) is 2.73. The molecular weight excluding hydrogens is 190 g/mol. The van der Waals surface area contributed by atoms with Gasteiger partial charge in [-0.1, -0.05) is 30.3 Å². The van der Waals surface area contributed by atoms with E-state index in [-0.39, 0.29) is 11.6 Å². The SMILES string of the molecule is CC(=O)C(C(=O)c1ccccc1)N(C)C. The molecule has 0 saturated carbocycles. The number of ketones is 2. The summed E-state index contributed by atoms with van der Waals surface area (Å²) in [6.07, 6.45) is 0. The van der Waals surface area contributed by atoms with E-state index in [1.54, 1.807) is 43.3 Å². The molecule has 1 aromatic carbocycles. The van der Waals surface area contributed by atoms with E-state index in [1.807, 2.05) is 6.07 Å². The van der Waals surface area contributed by atoms with Gasteiger partial charge in [0.05, 0.1) is 0 Å². The minimum absolute atomic E-state index is 0.131. The zero-order valence-electron chi connectivity index (χ0n) is 9.23. The Kier molecular flexibility index (Phi) is 3.74. The van der Waals surface area contributed by atoms with Gasteiger partial charge in [-0.15, -0.1) is 0 Å². The van der Waals surface area contributed by atoms with Gasteiger partial charge in [-0.05, 0) is 21.0 Å². The maximum absolute atomic E-state index is 12.0. The van der Waals surface area contributed by atoms with Crippen LogP contribution in [-0.2, 0) is 4.79 Å². The molecule has 0 amide bonds. The van der Waals surface area contributed by atoms with Crippen LogP contribution >= 0.6 is 0 Å². The number of benzene rings is 1. The van der Waals surface area contributed by atoms with E-state index in [4.69, 9.17) is 0 Å². The number of likely N-dealkylation sites (N-methyl/N-ethyl adjacent to an activating group) is 1. The molecule has 0 heterocycles. The van der Waals surface area contributed by atoms with Crippen LogP contribution in [0.1, 0.15) is 17.3 Å². The first-order valence-corrected chi connectivity index (χ1v) is 4.80. The van der Waals surface area contributed by atoms with Crippen LogP contribution in [0.5, 0.6) is 0 Å². The Balaban J connectivity index is 2.97. The van der Waals surface area contributed by atoms with Gasteiger partial charge in [-0.25, -0.2) is 0 Å². The van der Waals surface area contributed by atoms with Crippen molar-refractivity contribution >= 4 is 11.6 Å². The predicted molar refractivity (Wildman–Crippen MR) is 58.9 cm³/mol. The van der Waals surface area contributed by atoms with Crippen molar-refractivity contribution in [3.8, 4) is 0 Å². The molecule has 1 aromatic rings. The third-order valence-electron chi connectivity index (χ3n) is 2.21. The molecule has 3 heteroatoms. The number of hydrogen-bond donors (Lipinski definition) is 0. The highest BCUT2D eigenvalue weighted by molar-refractivity contribution is 6.13. The molecule has 15 heavy (non-hydrogen) atoms. The topological polar surface area (TPSA) is 37.4 Å². The molecule has 0 saturated heterocycles. The minimum Gasteiger partial charge on any atom is -0.298 e. The summed E-state index contributed by atoms with van der Waals surface area (Å²) in [5, 5.41) is 0. The van der Waals surface area contributed by atoms with Gasteiger partial charge in [0.1, 0.15) is 6.04 Å². The van der Waals surface area contributed by atoms with Gasteiger partial charge in [0, 0.05) is 5.56 Å². The van der Waals surface area contributed by atoms with Crippen molar-refractivity contribution < 1.29 is 9.59 Å². The van der Waals surface area contributed by atoms with Gasteiger partial charge < -0.3 is 0 Å². The Labute approximate surface area is 89.7 Å². The summed E-state index contributed by atoms with van der Waals surface area (Å²) in [5.74, 6) is -0.276. The van der Waals surface area contributed by atoms with Crippen LogP contribution in [-0.4, -0.2) is 36.6 Å². The van der Waals surface area contributed by atoms with E-state index >= 15 is 0 Å². The van der Waals surface area contributed by atoms with E-state index in [1.165, 1.54) is 6.92 Å². The van der Waals surface area contributed by atoms with Crippen molar-refractivity contribution in [1.82, 2.24) is 4.90 Å². The second-order valence-electron chi connectivity index (χ2n) is 3.71. The molecule has 0 aliphatic rings. The fourth-order valence-corrected chi connectivity index (χ4v) is 1.54. The van der Waals surface area contributed by atoms with E-state index < -0.39 is 6.04 Å². The molecule has 0 spiro atoms. The molecule has 0 bridgehead atoms. The molecule has 1 unspecified atom stereocenters. The van der Waals surface area contributed by atoms with Gasteiger partial charge in [0.15, 0.2) is 11.6 Å². The van der Waals surface area contributed by atoms with Crippen molar-refractivity contribution in [3.63, 3.8) is 0 Å². The fourth-order valence-electron chi connectivity index (χ4n) is 1.54. The normalized spacial score (nSPS) is 12.5. The van der Waals surface area contributed by atoms with Crippen molar-refractivity contribution in [2.45, 2.75) is 13.0 Å². The van der Waals surface area contributed by atoms with E-state index in [2.05, 4.69) is 0 Å². The quantitative estimate of drug-likeness (QED) is 0.550. The van der Waals surface area contributed by atoms with Gasteiger partial charge in [-0.3, -0.25) is 14.5 Å². The summed E-state index contributed by atoms with van der Waals surface area (Å²) >= 11 is 0. The number of carbonyl (C=O) groups excluding carboxylic acids is 2. The maximum Gasteiger partial charge on any atom is 0.187 e. The molecule has 1 rings (SSSR count). The van der Waals surface area contributed by atoms with Gasteiger partial charge in [-0.2, -0.15) is 0 Å². The molecule has 0 fully saturated rings. The highest BCUT2D eigenvalue weighted by atomic mass is 16.2. The second-order valence-corrected chi connectivity index (χ2v) is 3.71. The van der Waals surface area contributed by atoms with Gasteiger partial charge in [0.2, 0.25) is 0 Å². The Morgan fingerprint density at radius 1 is 1.13 bits per heavy atom. The summed E-state index contributed by atoms with van der Waals surface area (Å²) in [5.41, 5.74) is 0.575. The first-order valence-electron chi connectivity index (χ1n) is 4.80. The van der Waals surface area contributed by atoms with E-state index in [9.17, 15) is 9.59 Å². The number of nitrogens with zero attached hydrogens (tertiary/aromatic N) is 1. The van der Waals surface area contributed by atoms with Crippen molar-refractivity contribution in [1.29, 1.82) is 0 Å². The van der Waals surface area contributed by atoms with Crippen LogP contribution in [0.25, 0.3) is 0 Å². The molecule has 80 valence electrons. The summed E-state index contributed by atoms with van der Waals surface area (Å²) < 4.78 is 0. The molecule has 3 nitrogen and oxygen atoms in total. The maximum atomic E-state index is 12.0. The Morgan fingerprint density at radius 3 is 2.07 bits per heavy atom. The standard InChI is InChI=1S/C12H15NO2/c1-9(14)11(13(2)3)12(15)10-7-5-4-6-8-10/h4-8,11H,1-3H3. The number of carbonyl (C=O) groups is 2. The van der Waals surface area contributed by atoms with E-state index in [0.717, 1.165) is 0 Å². The highest BCUT2D eigenvalue weighted by Gasteiger charge is 2.25. The van der Waals surface area contributed by atoms with Crippen LogP contribution in [0.2, 0.25) is 0 Å². The Hall–Kier alpha value is -1.48. The zero-order valence-corrected chi connectivity index (χ0v) is 9.23. The van der Waals surface area contributed by atoms with E-state index in [0.29, 0.717) is 5.56 Å². The molecule has 1 atom stereocenters. The van der Waals surface area contributed by atoms with Crippen LogP contribution in [0.3, 0.4) is 0 Å². The zero-order chi connectivity index (χ0) is 11.4. The fraction of sp³-hybridized carbons (Fsp3) is 0.333. The Morgan fingerprint density at radius 2 is 1.67 bits per heavy atom. The van der Waals surface area contributed by atoms with Gasteiger partial charge >= 0.3 is 0 Å². The Bertz CT molecular complexity index is 357. The lowest BCUT2D eigenvalue weighted by atomic mass is 10.0. The van der Waals surface area contributed by atoms with Gasteiger partial charge in [0.25, 0.3) is 0 Å². The summed E-state index contributed by atoms with van der Waals surface area (Å²) in [7, 11) is 3.46. The van der Waals surface area contributed by atoms with Crippen molar-refractivity contribution in [2.75, 3.05) is 14.1 Å². The molecule has 0 aliphatic heterocycles. The second kappa shape index (κ2) is 4.84. The van der Waals surface area contributed by atoms with Crippen LogP contribution in [0, 0.1) is 0 Å². The smallest absolute Gasteiger partial charge is 0.187 e. The van der Waals surface area contributed by atoms with Crippen LogP contribution in [0.15, 0.2) is 30.3 Å². The van der Waals surface area contributed by atoms with Crippen molar-refractivity contribution in [2.24, 2.45) is 0 Å². The molecule has 0 aromatic heterocycles. The minimum atomic E-state index is -0.674. The lowest BCUT2D eigenvalue weighted by Crippen LogP contribution is -2.41. The first kappa shape index (κ1) is 11.6. The molecule has 0 aliphatic carbocycles. The number of rotatable bonds is 4. The third-order valence-corrected chi connectivity index (χ3v) is 2.21. The summed E-state index contributed by atoms with van der Waals surface area (Å²) in [6.45, 7) is 1.44. The lowest BCUT2D eigenvalue weighted by Gasteiger charge is -2.20. The molecular formula is C12H15NO2. The largest absolute Gasteiger partial charge is 0.298 e. The predicted octanol–water partition coefficient (Wildman–Crippen LogP) is 1.39. The summed E-state index contributed by atoms with van der Waals surface area (Å²) in [4.78, 5) is 24.9. The number of hydrogen-bond acceptors (Lipinski definition) is 3. The van der Waals surface area contributed by atoms with Crippen LogP contribution < -0.4 is 0 Å². The molecule has 0 N–H and O–H groups in total. The first-order chi connectivity index (χ1) is 7.04. The van der Waals surface area contributed by atoms with Crippen LogP contribution in [0.4, 0.5) is 0 Å². The lowest BCUT2D eigenvalue weighted by molar-refractivity contribution is -0.119.